The van der Waals surface area contributed by atoms with Crippen molar-refractivity contribution in [2.45, 2.75) is 18.9 Å². The van der Waals surface area contributed by atoms with Gasteiger partial charge in [0.05, 0.1) is 35.3 Å². The van der Waals surface area contributed by atoms with Crippen LogP contribution >= 0.6 is 23.4 Å². The van der Waals surface area contributed by atoms with E-state index in [0.29, 0.717) is 39.6 Å². The number of piperazine rings is 1. The summed E-state index contributed by atoms with van der Waals surface area (Å²) < 4.78 is 79.8. The second kappa shape index (κ2) is 10.5. The van der Waals surface area contributed by atoms with Crippen molar-refractivity contribution in [2.75, 3.05) is 32.7 Å². The van der Waals surface area contributed by atoms with Crippen molar-refractivity contribution in [3.05, 3.63) is 69.2 Å². The minimum absolute atomic E-state index is 0.00995. The first kappa shape index (κ1) is 27.5. The Morgan fingerprint density at radius 1 is 1.00 bits per heavy atom. The smallest absolute Gasteiger partial charge is 0.348 e. The van der Waals surface area contributed by atoms with E-state index in [0.717, 1.165) is 17.8 Å². The van der Waals surface area contributed by atoms with E-state index >= 15 is 0 Å². The van der Waals surface area contributed by atoms with Crippen LogP contribution in [0.15, 0.2) is 52.5 Å². The van der Waals surface area contributed by atoms with Gasteiger partial charge >= 0.3 is 12.4 Å². The molecule has 1 amide bonds. The monoisotopic (exact) mass is 587 g/mol. The maximum absolute atomic E-state index is 13.5. The number of amides is 1. The number of aliphatic imine (C=N–C) groups is 1. The molecule has 0 aliphatic carbocycles. The number of rotatable bonds is 4. The summed E-state index contributed by atoms with van der Waals surface area (Å²) in [6, 6.07) is 8.82. The average molecular weight is 588 g/mol. The lowest BCUT2D eigenvalue weighted by atomic mass is 10.1. The number of hydrogen-bond donors (Lipinski definition) is 0. The van der Waals surface area contributed by atoms with Crippen molar-refractivity contribution in [1.82, 2.24) is 19.6 Å². The maximum atomic E-state index is 13.5. The number of hydrogen-bond acceptors (Lipinski definition) is 5. The summed E-state index contributed by atoms with van der Waals surface area (Å²) in [5.41, 5.74) is 0.487. The van der Waals surface area contributed by atoms with Gasteiger partial charge in [-0.3, -0.25) is 14.4 Å². The van der Waals surface area contributed by atoms with Crippen molar-refractivity contribution < 1.29 is 31.1 Å². The van der Waals surface area contributed by atoms with Crippen LogP contribution in [0.5, 0.6) is 0 Å². The van der Waals surface area contributed by atoms with Gasteiger partial charge in [-0.15, -0.1) is 0 Å². The Balaban J connectivity index is 1.28. The van der Waals surface area contributed by atoms with Gasteiger partial charge < -0.3 is 4.90 Å². The lowest BCUT2D eigenvalue weighted by Crippen LogP contribution is -2.50. The van der Waals surface area contributed by atoms with Gasteiger partial charge in [-0.2, -0.15) is 36.4 Å². The standard InChI is InChI=1S/C25H20ClF6N5OS/c26-18-3-2-16(19(11-18)25(30,31)32)13-37-20-4-1-15(9-17(20)12-33-37)10-21-22(38)34-23(39-21)36-7-5-35(6-8-36)14-24(27,28)29/h1-4,9-12H,5-8,13-14H2/b21-10-. The van der Waals surface area contributed by atoms with E-state index in [1.54, 1.807) is 29.2 Å². The molecular weight excluding hydrogens is 568 g/mol. The number of benzene rings is 2. The van der Waals surface area contributed by atoms with Crippen LogP contribution < -0.4 is 0 Å². The predicted octanol–water partition coefficient (Wildman–Crippen LogP) is 5.91. The molecule has 6 nitrogen and oxygen atoms in total. The van der Waals surface area contributed by atoms with Crippen LogP contribution in [-0.2, 0) is 17.5 Å². The van der Waals surface area contributed by atoms with Gasteiger partial charge in [-0.25, -0.2) is 0 Å². The highest BCUT2D eigenvalue weighted by Crippen LogP contribution is 2.35. The van der Waals surface area contributed by atoms with Gasteiger partial charge in [0, 0.05) is 36.6 Å². The van der Waals surface area contributed by atoms with Crippen LogP contribution in [0.4, 0.5) is 26.3 Å². The molecule has 0 bridgehead atoms. The van der Waals surface area contributed by atoms with E-state index in [9.17, 15) is 31.1 Å². The molecule has 1 aromatic heterocycles. The molecule has 3 aromatic rings. The molecule has 2 aliphatic heterocycles. The van der Waals surface area contributed by atoms with E-state index < -0.39 is 30.4 Å². The zero-order valence-electron chi connectivity index (χ0n) is 20.1. The lowest BCUT2D eigenvalue weighted by molar-refractivity contribution is -0.148. The van der Waals surface area contributed by atoms with Crippen molar-refractivity contribution in [3.63, 3.8) is 0 Å². The summed E-state index contributed by atoms with van der Waals surface area (Å²) in [4.78, 5) is 20.1. The number of amidine groups is 1. The number of aromatic nitrogens is 2. The number of thioether (sulfide) groups is 1. The first-order chi connectivity index (χ1) is 18.4. The van der Waals surface area contributed by atoms with Gasteiger partial charge in [-0.1, -0.05) is 23.7 Å². The van der Waals surface area contributed by atoms with Crippen molar-refractivity contribution in [3.8, 4) is 0 Å². The van der Waals surface area contributed by atoms with Crippen molar-refractivity contribution >= 4 is 51.4 Å². The molecule has 39 heavy (non-hydrogen) atoms. The Hall–Kier alpha value is -3.03. The topological polar surface area (TPSA) is 53.7 Å². The second-order valence-electron chi connectivity index (χ2n) is 9.11. The summed E-state index contributed by atoms with van der Waals surface area (Å²) in [6.45, 7) is 0.0139. The Bertz CT molecular complexity index is 1470. The molecule has 3 heterocycles. The molecule has 0 saturated carbocycles. The number of alkyl halides is 6. The Labute approximate surface area is 227 Å². The lowest BCUT2D eigenvalue weighted by Gasteiger charge is -2.35. The molecule has 5 rings (SSSR count). The number of carbonyl (C=O) groups excluding carboxylic acids is 1. The molecule has 0 atom stereocenters. The first-order valence-electron chi connectivity index (χ1n) is 11.7. The SMILES string of the molecule is O=C1N=C(N2CCN(CC(F)(F)F)CC2)S/C1=C\c1ccc2c(cnn2Cc2ccc(Cl)cc2C(F)(F)F)c1. The highest BCUT2D eigenvalue weighted by Gasteiger charge is 2.35. The van der Waals surface area contributed by atoms with E-state index in [-0.39, 0.29) is 30.2 Å². The van der Waals surface area contributed by atoms with Gasteiger partial charge in [0.15, 0.2) is 5.17 Å². The van der Waals surface area contributed by atoms with Crippen molar-refractivity contribution in [2.24, 2.45) is 4.99 Å². The fourth-order valence-corrected chi connectivity index (χ4v) is 5.61. The Morgan fingerprint density at radius 2 is 1.74 bits per heavy atom. The summed E-state index contributed by atoms with van der Waals surface area (Å²) in [5.74, 6) is -0.439. The third kappa shape index (κ3) is 6.42. The van der Waals surface area contributed by atoms with E-state index in [4.69, 9.17) is 11.6 Å². The van der Waals surface area contributed by atoms with Crippen LogP contribution in [0.3, 0.4) is 0 Å². The van der Waals surface area contributed by atoms with E-state index in [1.165, 1.54) is 27.9 Å². The summed E-state index contributed by atoms with van der Waals surface area (Å²) in [6.07, 6.45) is -5.63. The predicted molar refractivity (Wildman–Crippen MR) is 137 cm³/mol. The molecule has 1 saturated heterocycles. The van der Waals surface area contributed by atoms with E-state index in [1.807, 2.05) is 0 Å². The molecule has 206 valence electrons. The summed E-state index contributed by atoms with van der Waals surface area (Å²) in [7, 11) is 0. The molecule has 1 fully saturated rings. The molecule has 0 N–H and O–H groups in total. The van der Waals surface area contributed by atoms with E-state index in [2.05, 4.69) is 10.1 Å². The molecule has 2 aliphatic rings. The molecule has 0 unspecified atom stereocenters. The van der Waals surface area contributed by atoms with Crippen LogP contribution in [0.25, 0.3) is 17.0 Å². The molecule has 0 radical (unpaired) electrons. The molecular formula is C25H20ClF6N5OS. The molecule has 2 aromatic carbocycles. The van der Waals surface area contributed by atoms with Gasteiger partial charge in [0.2, 0.25) is 0 Å². The minimum Gasteiger partial charge on any atom is -0.348 e. The van der Waals surface area contributed by atoms with Crippen LogP contribution in [0, 0.1) is 0 Å². The number of carbonyl (C=O) groups is 1. The summed E-state index contributed by atoms with van der Waals surface area (Å²) in [5, 5.41) is 5.36. The largest absolute Gasteiger partial charge is 0.416 e. The highest BCUT2D eigenvalue weighted by atomic mass is 35.5. The van der Waals surface area contributed by atoms with Gasteiger partial charge in [0.25, 0.3) is 5.91 Å². The van der Waals surface area contributed by atoms with Gasteiger partial charge in [-0.05, 0) is 53.2 Å². The molecule has 14 heteroatoms. The number of fused-ring (bicyclic) bond motifs is 1. The van der Waals surface area contributed by atoms with Gasteiger partial charge in [0.1, 0.15) is 0 Å². The Morgan fingerprint density at radius 3 is 2.44 bits per heavy atom. The normalized spacial score (nSPS) is 18.4. The Kier molecular flexibility index (Phi) is 7.42. The average Bonchev–Trinajstić information content (AvgIpc) is 3.42. The highest BCUT2D eigenvalue weighted by molar-refractivity contribution is 8.18. The minimum atomic E-state index is -4.56. The second-order valence-corrected chi connectivity index (χ2v) is 10.6. The van der Waals surface area contributed by atoms with Crippen LogP contribution in [0.1, 0.15) is 16.7 Å². The fourth-order valence-electron chi connectivity index (χ4n) is 4.47. The zero-order valence-corrected chi connectivity index (χ0v) is 21.6. The van der Waals surface area contributed by atoms with Crippen molar-refractivity contribution in [1.29, 1.82) is 0 Å². The van der Waals surface area contributed by atoms with Crippen LogP contribution in [0.2, 0.25) is 5.02 Å². The summed E-state index contributed by atoms with van der Waals surface area (Å²) >= 11 is 6.93. The molecule has 0 spiro atoms. The zero-order chi connectivity index (χ0) is 27.9. The first-order valence-corrected chi connectivity index (χ1v) is 12.9. The third-order valence-corrected chi connectivity index (χ3v) is 7.60. The fraction of sp³-hybridized carbons (Fsp3) is 0.320. The quantitative estimate of drug-likeness (QED) is 0.281. The number of nitrogens with zero attached hydrogens (tertiary/aromatic N) is 5. The third-order valence-electron chi connectivity index (χ3n) is 6.32. The maximum Gasteiger partial charge on any atom is 0.416 e. The van der Waals surface area contributed by atoms with Crippen LogP contribution in [-0.4, -0.2) is 69.6 Å². The number of halogens is 7.